The maximum absolute atomic E-state index is 13.9. The Morgan fingerprint density at radius 2 is 1.77 bits per heavy atom. The molecular formula is C31H33BrF3N7O4S. The topological polar surface area (TPSA) is 124 Å². The summed E-state index contributed by atoms with van der Waals surface area (Å²) in [7, 11) is 0. The molecule has 6 rings (SSSR count). The largest absolute Gasteiger partial charge is 0.436 e. The number of pyridine rings is 1. The van der Waals surface area contributed by atoms with E-state index in [9.17, 15) is 27.6 Å². The van der Waals surface area contributed by atoms with Crippen LogP contribution in [0.1, 0.15) is 28.8 Å². The lowest BCUT2D eigenvalue weighted by atomic mass is 10.0. The van der Waals surface area contributed by atoms with Gasteiger partial charge in [0, 0.05) is 79.2 Å². The van der Waals surface area contributed by atoms with Gasteiger partial charge in [0.2, 0.25) is 0 Å². The number of piperazine rings is 1. The number of amides is 4. The van der Waals surface area contributed by atoms with E-state index in [2.05, 4.69) is 31.1 Å². The molecule has 2 saturated heterocycles. The Labute approximate surface area is 281 Å². The molecule has 0 bridgehead atoms. The van der Waals surface area contributed by atoms with E-state index in [0.717, 1.165) is 22.3 Å². The zero-order valence-corrected chi connectivity index (χ0v) is 27.6. The quantitative estimate of drug-likeness (QED) is 0.325. The molecule has 4 amide bonds. The van der Waals surface area contributed by atoms with Crippen LogP contribution in [-0.2, 0) is 28.7 Å². The third kappa shape index (κ3) is 7.27. The number of thiophene rings is 1. The van der Waals surface area contributed by atoms with E-state index in [1.54, 1.807) is 33.5 Å². The number of nitrogen functional groups attached to an aromatic ring is 1. The number of likely N-dealkylation sites (tertiary alicyclic amines) is 1. The Kier molecular flexibility index (Phi) is 9.50. The first-order chi connectivity index (χ1) is 22.5. The molecule has 2 aromatic heterocycles. The van der Waals surface area contributed by atoms with Crippen LogP contribution in [0.15, 0.2) is 52.6 Å². The number of urea groups is 1. The first-order valence-corrected chi connectivity index (χ1v) is 16.8. The van der Waals surface area contributed by atoms with Crippen LogP contribution >= 0.6 is 27.3 Å². The summed E-state index contributed by atoms with van der Waals surface area (Å²) in [5.41, 5.74) is 6.13. The van der Waals surface area contributed by atoms with Gasteiger partial charge in [0.05, 0.1) is 23.5 Å². The summed E-state index contributed by atoms with van der Waals surface area (Å²) in [6, 6.07) is 7.66. The van der Waals surface area contributed by atoms with Gasteiger partial charge >= 0.3 is 18.3 Å². The third-order valence-corrected chi connectivity index (χ3v) is 10.3. The van der Waals surface area contributed by atoms with Crippen molar-refractivity contribution in [1.29, 1.82) is 0 Å². The number of carbonyl (C=O) groups is 3. The SMILES string of the molecule is Nc1c(Br)cc(CC(OC(=O)N2CCC(N3Cc4sccc4NC3=O)CC2)C(=O)N2CCN(c3ccncc3)CC2)cc1C(F)(F)F. The Balaban J connectivity index is 1.15. The predicted octanol–water partition coefficient (Wildman–Crippen LogP) is 5.42. The molecule has 0 radical (unpaired) electrons. The number of nitrogens with two attached hydrogens (primary N) is 1. The van der Waals surface area contributed by atoms with Crippen molar-refractivity contribution < 1.29 is 32.3 Å². The number of alkyl halides is 3. The van der Waals surface area contributed by atoms with E-state index >= 15 is 0 Å². The molecule has 2 fully saturated rings. The first kappa shape index (κ1) is 32.9. The molecule has 1 aromatic carbocycles. The molecule has 11 nitrogen and oxygen atoms in total. The highest BCUT2D eigenvalue weighted by Crippen LogP contribution is 2.38. The third-order valence-electron chi connectivity index (χ3n) is 8.78. The van der Waals surface area contributed by atoms with Gasteiger partial charge in [-0.15, -0.1) is 11.3 Å². The summed E-state index contributed by atoms with van der Waals surface area (Å²) in [6.07, 6.45) is -2.69. The zero-order chi connectivity index (χ0) is 33.3. The van der Waals surface area contributed by atoms with Crippen LogP contribution in [0.2, 0.25) is 0 Å². The molecule has 1 unspecified atom stereocenters. The summed E-state index contributed by atoms with van der Waals surface area (Å²) in [5, 5.41) is 4.84. The Hall–Kier alpha value is -4.05. The molecule has 0 spiro atoms. The number of carbonyl (C=O) groups excluding carboxylic acids is 3. The van der Waals surface area contributed by atoms with E-state index < -0.39 is 35.5 Å². The maximum atomic E-state index is 13.9. The number of rotatable bonds is 6. The van der Waals surface area contributed by atoms with Crippen molar-refractivity contribution in [3.8, 4) is 0 Å². The molecule has 3 aliphatic heterocycles. The number of halogens is 4. The molecule has 0 saturated carbocycles. The number of hydrogen-bond donors (Lipinski definition) is 2. The Morgan fingerprint density at radius 1 is 1.06 bits per heavy atom. The second-order valence-electron chi connectivity index (χ2n) is 11.7. The summed E-state index contributed by atoms with van der Waals surface area (Å²) < 4.78 is 47.1. The van der Waals surface area contributed by atoms with Crippen molar-refractivity contribution in [1.82, 2.24) is 19.7 Å². The molecule has 47 heavy (non-hydrogen) atoms. The fraction of sp³-hybridized carbons (Fsp3) is 0.419. The molecule has 1 atom stereocenters. The van der Waals surface area contributed by atoms with Gasteiger partial charge < -0.3 is 35.4 Å². The fourth-order valence-electron chi connectivity index (χ4n) is 6.20. The maximum Gasteiger partial charge on any atom is 0.418 e. The van der Waals surface area contributed by atoms with Crippen LogP contribution in [0, 0.1) is 0 Å². The lowest BCUT2D eigenvalue weighted by Crippen LogP contribution is -2.54. The van der Waals surface area contributed by atoms with E-state index in [-0.39, 0.29) is 28.5 Å². The van der Waals surface area contributed by atoms with E-state index in [0.29, 0.717) is 58.7 Å². The van der Waals surface area contributed by atoms with Gasteiger partial charge in [-0.1, -0.05) is 0 Å². The molecule has 3 N–H and O–H groups in total. The Morgan fingerprint density at radius 3 is 2.45 bits per heavy atom. The van der Waals surface area contributed by atoms with Crippen molar-refractivity contribution in [3.63, 3.8) is 0 Å². The van der Waals surface area contributed by atoms with Crippen molar-refractivity contribution in [2.24, 2.45) is 0 Å². The molecule has 5 heterocycles. The number of nitrogens with one attached hydrogen (secondary N) is 1. The molecule has 3 aromatic rings. The molecule has 0 aliphatic carbocycles. The summed E-state index contributed by atoms with van der Waals surface area (Å²) in [6.45, 7) is 2.80. The highest BCUT2D eigenvalue weighted by atomic mass is 79.9. The van der Waals surface area contributed by atoms with Gasteiger partial charge in [-0.05, 0) is 70.0 Å². The number of fused-ring (bicyclic) bond motifs is 1. The number of benzene rings is 1. The van der Waals surface area contributed by atoms with Crippen LogP contribution in [0.25, 0.3) is 0 Å². The average Bonchev–Trinajstić information content (AvgIpc) is 3.52. The minimum absolute atomic E-state index is 0.0318. The normalized spacial score (nSPS) is 18.1. The van der Waals surface area contributed by atoms with Crippen LogP contribution in [0.3, 0.4) is 0 Å². The standard InChI is InChI=1S/C31H33BrF3N7O4S/c32-23-16-19(15-22(27(23)36)31(33,34)35)17-25(28(43)40-12-10-39(11-13-40)20-1-6-37-7-2-20)46-30(45)41-8-3-21(4-9-41)42-18-26-24(5-14-47-26)38-29(42)44/h1-2,5-7,14-16,21,25H,3-4,8-13,17-18,36H2,(H,38,44). The van der Waals surface area contributed by atoms with E-state index in [1.807, 2.05) is 23.6 Å². The minimum Gasteiger partial charge on any atom is -0.436 e. The number of ether oxygens (including phenoxy) is 1. The second-order valence-corrected chi connectivity index (χ2v) is 13.5. The van der Waals surface area contributed by atoms with Crippen LogP contribution in [0.5, 0.6) is 0 Å². The van der Waals surface area contributed by atoms with Crippen LogP contribution in [0.4, 0.5) is 39.8 Å². The number of hydrogen-bond acceptors (Lipinski definition) is 8. The van der Waals surface area contributed by atoms with Crippen molar-refractivity contribution in [2.45, 2.75) is 44.1 Å². The first-order valence-electron chi connectivity index (χ1n) is 15.2. The fourth-order valence-corrected chi connectivity index (χ4v) is 7.54. The van der Waals surface area contributed by atoms with Gasteiger partial charge in [-0.3, -0.25) is 9.78 Å². The second kappa shape index (κ2) is 13.6. The molecular weight excluding hydrogens is 703 g/mol. The van der Waals surface area contributed by atoms with Crippen molar-refractivity contribution in [2.75, 3.05) is 55.2 Å². The van der Waals surface area contributed by atoms with Crippen LogP contribution in [-0.4, -0.2) is 89.1 Å². The van der Waals surface area contributed by atoms with Crippen LogP contribution < -0.4 is 16.0 Å². The number of aromatic nitrogens is 1. The average molecular weight is 737 g/mol. The van der Waals surface area contributed by atoms with Crippen molar-refractivity contribution in [3.05, 3.63) is 68.6 Å². The van der Waals surface area contributed by atoms with E-state index in [1.165, 1.54) is 11.0 Å². The highest BCUT2D eigenvalue weighted by molar-refractivity contribution is 9.10. The predicted molar refractivity (Wildman–Crippen MR) is 174 cm³/mol. The monoisotopic (exact) mass is 735 g/mol. The summed E-state index contributed by atoms with van der Waals surface area (Å²) in [5.74, 6) is -0.485. The van der Waals surface area contributed by atoms with Gasteiger partial charge in [-0.2, -0.15) is 13.2 Å². The van der Waals surface area contributed by atoms with Gasteiger partial charge in [0.15, 0.2) is 6.10 Å². The number of piperidine rings is 1. The molecule has 16 heteroatoms. The van der Waals surface area contributed by atoms with E-state index in [4.69, 9.17) is 10.5 Å². The molecule has 3 aliphatic rings. The lowest BCUT2D eigenvalue weighted by molar-refractivity contribution is -0.141. The minimum atomic E-state index is -4.72. The highest BCUT2D eigenvalue weighted by Gasteiger charge is 2.38. The smallest absolute Gasteiger partial charge is 0.418 e. The zero-order valence-electron chi connectivity index (χ0n) is 25.2. The van der Waals surface area contributed by atoms with Gasteiger partial charge in [0.25, 0.3) is 5.91 Å². The van der Waals surface area contributed by atoms with Crippen molar-refractivity contribution >= 4 is 62.4 Å². The Bertz CT molecular complexity index is 1630. The summed E-state index contributed by atoms with van der Waals surface area (Å²) in [4.78, 5) is 52.1. The number of anilines is 3. The molecule has 250 valence electrons. The van der Waals surface area contributed by atoms with Gasteiger partial charge in [0.1, 0.15) is 0 Å². The number of nitrogens with zero attached hydrogens (tertiary/aromatic N) is 5. The summed E-state index contributed by atoms with van der Waals surface area (Å²) >= 11 is 4.68. The van der Waals surface area contributed by atoms with Gasteiger partial charge in [-0.25, -0.2) is 9.59 Å². The lowest BCUT2D eigenvalue weighted by Gasteiger charge is -2.40.